The monoisotopic (exact) mass is 447 g/mol. The molecule has 0 fully saturated rings. The van der Waals surface area contributed by atoms with Crippen LogP contribution in [-0.2, 0) is 6.54 Å². The van der Waals surface area contributed by atoms with Gasteiger partial charge in [-0.15, -0.1) is 0 Å². The Kier molecular flexibility index (Phi) is 5.72. The number of quaternary nitrogens is 1. The number of primary amides is 1. The van der Waals surface area contributed by atoms with Gasteiger partial charge in [-0.05, 0) is 42.0 Å². The number of ether oxygens (including phenoxy) is 1. The molecule has 0 aliphatic rings. The molecule has 5 rings (SSSR count). The first-order valence-corrected chi connectivity index (χ1v) is 10.9. The minimum Gasteiger partial charge on any atom is -0.438 e. The van der Waals surface area contributed by atoms with Crippen LogP contribution in [0, 0.1) is 0 Å². The SMILES string of the molecule is NC(=O)c1ccc(Oc2nccc3nc(-c4ccc(C[NH3+])cc4)c(-c4ccccc4)cc23)cc1. The predicted molar refractivity (Wildman–Crippen MR) is 132 cm³/mol. The molecule has 3 aromatic carbocycles. The summed E-state index contributed by atoms with van der Waals surface area (Å²) in [6.45, 7) is 0.740. The molecule has 166 valence electrons. The van der Waals surface area contributed by atoms with E-state index >= 15 is 0 Å². The number of hydrogen-bond acceptors (Lipinski definition) is 4. The molecule has 1 amide bonds. The third kappa shape index (κ3) is 4.22. The van der Waals surface area contributed by atoms with Crippen LogP contribution in [0.2, 0.25) is 0 Å². The Morgan fingerprint density at radius 1 is 0.882 bits per heavy atom. The van der Waals surface area contributed by atoms with Gasteiger partial charge in [0.25, 0.3) is 0 Å². The van der Waals surface area contributed by atoms with Gasteiger partial charge in [0.05, 0.1) is 23.1 Å². The first-order valence-electron chi connectivity index (χ1n) is 10.9. The first kappa shape index (κ1) is 21.3. The fourth-order valence-electron chi connectivity index (χ4n) is 3.84. The van der Waals surface area contributed by atoms with Crippen molar-refractivity contribution in [2.24, 2.45) is 5.73 Å². The molecular formula is C28H23N4O2+. The standard InChI is InChI=1S/C28H22N4O2/c29-17-18-6-8-20(9-7-18)26-23(19-4-2-1-3-5-19)16-24-25(32-26)14-15-31-28(24)34-22-12-10-21(11-13-22)27(30)33/h1-16H,17,29H2,(H2,30,33)/p+1. The Morgan fingerprint density at radius 2 is 1.62 bits per heavy atom. The van der Waals surface area contributed by atoms with Crippen LogP contribution >= 0.6 is 0 Å². The van der Waals surface area contributed by atoms with Crippen LogP contribution in [0.15, 0.2) is 97.2 Å². The van der Waals surface area contributed by atoms with Crippen LogP contribution in [0.1, 0.15) is 15.9 Å². The number of aromatic nitrogens is 2. The molecule has 0 saturated carbocycles. The summed E-state index contributed by atoms with van der Waals surface area (Å²) in [7, 11) is 0. The van der Waals surface area contributed by atoms with E-state index in [-0.39, 0.29) is 0 Å². The lowest BCUT2D eigenvalue weighted by molar-refractivity contribution is -0.386. The van der Waals surface area contributed by atoms with Crippen molar-refractivity contribution < 1.29 is 15.3 Å². The lowest BCUT2D eigenvalue weighted by Crippen LogP contribution is -2.47. The quantitative estimate of drug-likeness (QED) is 0.397. The lowest BCUT2D eigenvalue weighted by atomic mass is 9.97. The molecule has 5 aromatic rings. The number of rotatable bonds is 6. The van der Waals surface area contributed by atoms with E-state index in [0.29, 0.717) is 17.2 Å². The largest absolute Gasteiger partial charge is 0.438 e. The smallest absolute Gasteiger partial charge is 0.248 e. The van der Waals surface area contributed by atoms with Crippen molar-refractivity contribution in [2.45, 2.75) is 6.54 Å². The predicted octanol–water partition coefficient (Wildman–Crippen LogP) is 4.60. The molecule has 0 atom stereocenters. The zero-order valence-electron chi connectivity index (χ0n) is 18.4. The van der Waals surface area contributed by atoms with E-state index in [2.05, 4.69) is 53.2 Å². The summed E-state index contributed by atoms with van der Waals surface area (Å²) in [5.41, 5.74) is 15.6. The number of nitrogens with zero attached hydrogens (tertiary/aromatic N) is 2. The van der Waals surface area contributed by atoms with Crippen molar-refractivity contribution in [3.8, 4) is 34.0 Å². The molecule has 0 unspecified atom stereocenters. The third-order valence-corrected chi connectivity index (χ3v) is 5.66. The minimum atomic E-state index is -0.484. The Hall–Kier alpha value is -4.55. The number of benzene rings is 3. The van der Waals surface area contributed by atoms with E-state index in [1.54, 1.807) is 30.5 Å². The second-order valence-electron chi connectivity index (χ2n) is 7.87. The van der Waals surface area contributed by atoms with Crippen molar-refractivity contribution in [3.63, 3.8) is 0 Å². The fourth-order valence-corrected chi connectivity index (χ4v) is 3.84. The van der Waals surface area contributed by atoms with Gasteiger partial charge in [-0.25, -0.2) is 9.97 Å². The second-order valence-corrected chi connectivity index (χ2v) is 7.87. The highest BCUT2D eigenvalue weighted by Gasteiger charge is 2.15. The van der Waals surface area contributed by atoms with Gasteiger partial charge in [0.2, 0.25) is 11.8 Å². The van der Waals surface area contributed by atoms with E-state index in [4.69, 9.17) is 15.5 Å². The third-order valence-electron chi connectivity index (χ3n) is 5.66. The van der Waals surface area contributed by atoms with Gasteiger partial charge in [0.1, 0.15) is 5.75 Å². The van der Waals surface area contributed by atoms with Gasteiger partial charge in [0, 0.05) is 28.5 Å². The summed E-state index contributed by atoms with van der Waals surface area (Å²) >= 11 is 0. The van der Waals surface area contributed by atoms with Crippen LogP contribution in [0.4, 0.5) is 0 Å². The average molecular weight is 448 g/mol. The van der Waals surface area contributed by atoms with Crippen molar-refractivity contribution in [3.05, 3.63) is 108 Å². The van der Waals surface area contributed by atoms with Crippen LogP contribution in [0.3, 0.4) is 0 Å². The van der Waals surface area contributed by atoms with E-state index in [9.17, 15) is 4.79 Å². The molecule has 6 heteroatoms. The Labute approximate surface area is 196 Å². The van der Waals surface area contributed by atoms with Crippen LogP contribution < -0.4 is 16.2 Å². The van der Waals surface area contributed by atoms with E-state index in [0.717, 1.165) is 39.8 Å². The summed E-state index contributed by atoms with van der Waals surface area (Å²) in [6.07, 6.45) is 1.68. The number of carbonyl (C=O) groups excluding carboxylic acids is 1. The molecule has 6 nitrogen and oxygen atoms in total. The summed E-state index contributed by atoms with van der Waals surface area (Å²) < 4.78 is 6.08. The zero-order valence-corrected chi connectivity index (χ0v) is 18.4. The van der Waals surface area contributed by atoms with E-state index in [1.807, 2.05) is 24.3 Å². The molecular weight excluding hydrogens is 424 g/mol. The van der Waals surface area contributed by atoms with E-state index < -0.39 is 5.91 Å². The molecule has 0 radical (unpaired) electrons. The summed E-state index contributed by atoms with van der Waals surface area (Å²) in [5.74, 6) is 0.509. The van der Waals surface area contributed by atoms with Gasteiger partial charge in [-0.2, -0.15) is 0 Å². The highest BCUT2D eigenvalue weighted by molar-refractivity contribution is 5.94. The van der Waals surface area contributed by atoms with Gasteiger partial charge >= 0.3 is 0 Å². The summed E-state index contributed by atoms with van der Waals surface area (Å²) in [6, 6.07) is 29.1. The van der Waals surface area contributed by atoms with Crippen LogP contribution in [0.5, 0.6) is 11.6 Å². The lowest BCUT2D eigenvalue weighted by Gasteiger charge is -2.14. The molecule has 2 aromatic heterocycles. The molecule has 0 bridgehead atoms. The number of hydrogen-bond donors (Lipinski definition) is 2. The van der Waals surface area contributed by atoms with Crippen molar-refractivity contribution in [2.75, 3.05) is 0 Å². The number of nitrogens with two attached hydrogens (primary N) is 1. The number of pyridine rings is 2. The molecule has 0 aliphatic heterocycles. The highest BCUT2D eigenvalue weighted by atomic mass is 16.5. The van der Waals surface area contributed by atoms with Gasteiger partial charge in [0.15, 0.2) is 0 Å². The molecule has 34 heavy (non-hydrogen) atoms. The fraction of sp³-hybridized carbons (Fsp3) is 0.0357. The zero-order chi connectivity index (χ0) is 23.5. The van der Waals surface area contributed by atoms with Crippen LogP contribution in [0.25, 0.3) is 33.3 Å². The van der Waals surface area contributed by atoms with Crippen LogP contribution in [-0.4, -0.2) is 15.9 Å². The van der Waals surface area contributed by atoms with Crippen molar-refractivity contribution >= 4 is 16.8 Å². The van der Waals surface area contributed by atoms with E-state index in [1.165, 1.54) is 5.56 Å². The average Bonchev–Trinajstić information content (AvgIpc) is 2.89. The maximum atomic E-state index is 11.4. The Morgan fingerprint density at radius 3 is 2.29 bits per heavy atom. The minimum absolute atomic E-state index is 0.417. The molecule has 5 N–H and O–H groups in total. The molecule has 0 saturated heterocycles. The Balaban J connectivity index is 1.64. The van der Waals surface area contributed by atoms with Crippen molar-refractivity contribution in [1.82, 2.24) is 9.97 Å². The topological polar surface area (TPSA) is 106 Å². The normalized spacial score (nSPS) is 10.9. The highest BCUT2D eigenvalue weighted by Crippen LogP contribution is 2.36. The number of fused-ring (bicyclic) bond motifs is 1. The molecule has 0 aliphatic carbocycles. The van der Waals surface area contributed by atoms with Crippen molar-refractivity contribution in [1.29, 1.82) is 0 Å². The number of amides is 1. The van der Waals surface area contributed by atoms with Gasteiger partial charge in [-0.3, -0.25) is 4.79 Å². The second kappa shape index (κ2) is 9.13. The molecule has 0 spiro atoms. The van der Waals surface area contributed by atoms with Gasteiger partial charge in [-0.1, -0.05) is 54.6 Å². The number of carbonyl (C=O) groups is 1. The maximum Gasteiger partial charge on any atom is 0.248 e. The molecule has 2 heterocycles. The van der Waals surface area contributed by atoms with Gasteiger partial charge < -0.3 is 16.2 Å². The summed E-state index contributed by atoms with van der Waals surface area (Å²) in [4.78, 5) is 20.8. The first-order chi connectivity index (χ1) is 16.6. The Bertz CT molecular complexity index is 1470. The summed E-state index contributed by atoms with van der Waals surface area (Å²) in [5, 5.41) is 0.790. The maximum absolute atomic E-state index is 11.4.